The standard InChI is InChI=1S/C24H26FN3O.ClH/c1-27-17-11-12-18(27)14-16(13-17)26-24(29)22-21-19(25)9-6-10-20(21)28(2)23(22)15-7-4-3-5-8-15;/h3-10,16-18H,11-14H2,1-2H3,(H,26,29);1H. The summed E-state index contributed by atoms with van der Waals surface area (Å²) >= 11 is 0. The third-order valence-electron chi connectivity index (χ3n) is 6.88. The molecule has 3 heterocycles. The van der Waals surface area contributed by atoms with Crippen LogP contribution in [0.4, 0.5) is 4.39 Å². The van der Waals surface area contributed by atoms with Gasteiger partial charge in [-0.05, 0) is 50.4 Å². The largest absolute Gasteiger partial charge is 0.349 e. The molecule has 2 fully saturated rings. The Labute approximate surface area is 182 Å². The van der Waals surface area contributed by atoms with Crippen LogP contribution in [0, 0.1) is 5.82 Å². The van der Waals surface area contributed by atoms with E-state index in [-0.39, 0.29) is 30.2 Å². The number of benzene rings is 2. The summed E-state index contributed by atoms with van der Waals surface area (Å²) in [6.07, 6.45) is 4.33. The molecule has 2 atom stereocenters. The Bertz CT molecular complexity index is 1070. The van der Waals surface area contributed by atoms with Crippen molar-refractivity contribution in [1.29, 1.82) is 0 Å². The van der Waals surface area contributed by atoms with E-state index in [1.165, 1.54) is 18.9 Å². The normalized spacial score (nSPS) is 23.4. The number of halogens is 2. The fourth-order valence-corrected chi connectivity index (χ4v) is 5.39. The average Bonchev–Trinajstić information content (AvgIpc) is 3.11. The van der Waals surface area contributed by atoms with Crippen molar-refractivity contribution in [2.45, 2.75) is 43.8 Å². The smallest absolute Gasteiger partial charge is 0.254 e. The zero-order valence-electron chi connectivity index (χ0n) is 17.3. The highest BCUT2D eigenvalue weighted by Crippen LogP contribution is 2.37. The van der Waals surface area contributed by atoms with Crippen molar-refractivity contribution in [3.05, 3.63) is 59.9 Å². The second-order valence-corrected chi connectivity index (χ2v) is 8.47. The maximum absolute atomic E-state index is 14.9. The van der Waals surface area contributed by atoms with Gasteiger partial charge in [0.15, 0.2) is 0 Å². The fraction of sp³-hybridized carbons (Fsp3) is 0.375. The molecule has 158 valence electrons. The van der Waals surface area contributed by atoms with Crippen molar-refractivity contribution in [2.24, 2.45) is 7.05 Å². The number of hydrogen-bond donors (Lipinski definition) is 1. The van der Waals surface area contributed by atoms with E-state index in [1.807, 2.05) is 48.0 Å². The molecule has 2 aliphatic heterocycles. The summed E-state index contributed by atoms with van der Waals surface area (Å²) in [6.45, 7) is 0. The second-order valence-electron chi connectivity index (χ2n) is 8.47. The number of nitrogens with zero attached hydrogens (tertiary/aromatic N) is 2. The van der Waals surface area contributed by atoms with Crippen LogP contribution in [0.25, 0.3) is 22.2 Å². The Morgan fingerprint density at radius 1 is 1.00 bits per heavy atom. The molecule has 0 saturated carbocycles. The quantitative estimate of drug-likeness (QED) is 0.654. The lowest BCUT2D eigenvalue weighted by molar-refractivity contribution is 0.0884. The number of amides is 1. The van der Waals surface area contributed by atoms with Gasteiger partial charge >= 0.3 is 0 Å². The molecule has 1 aromatic heterocycles. The molecular formula is C24H27ClFN3O. The maximum Gasteiger partial charge on any atom is 0.254 e. The number of fused-ring (bicyclic) bond motifs is 3. The molecule has 2 aliphatic rings. The summed E-state index contributed by atoms with van der Waals surface area (Å²) in [5.41, 5.74) is 2.86. The highest BCUT2D eigenvalue weighted by atomic mass is 35.5. The van der Waals surface area contributed by atoms with Crippen LogP contribution in [0.5, 0.6) is 0 Å². The summed E-state index contributed by atoms with van der Waals surface area (Å²) in [6, 6.07) is 16.0. The van der Waals surface area contributed by atoms with Crippen LogP contribution >= 0.6 is 12.4 Å². The van der Waals surface area contributed by atoms with Crippen molar-refractivity contribution in [1.82, 2.24) is 14.8 Å². The van der Waals surface area contributed by atoms with E-state index in [2.05, 4.69) is 17.3 Å². The molecule has 2 aromatic carbocycles. The van der Waals surface area contributed by atoms with Crippen molar-refractivity contribution < 1.29 is 9.18 Å². The number of hydrogen-bond acceptors (Lipinski definition) is 2. The SMILES string of the molecule is CN1C2CCC1CC(NC(=O)c1c(-c3ccccc3)n(C)c3cccc(F)c13)C2.Cl. The molecule has 2 saturated heterocycles. The molecule has 2 unspecified atom stereocenters. The minimum Gasteiger partial charge on any atom is -0.349 e. The summed E-state index contributed by atoms with van der Waals surface area (Å²) in [5.74, 6) is -0.526. The minimum atomic E-state index is -0.353. The number of rotatable bonds is 3. The van der Waals surface area contributed by atoms with E-state index in [0.717, 1.165) is 29.6 Å². The molecule has 1 N–H and O–H groups in total. The lowest BCUT2D eigenvalue weighted by atomic mass is 9.97. The van der Waals surface area contributed by atoms with Crippen molar-refractivity contribution >= 4 is 29.2 Å². The molecule has 3 aromatic rings. The van der Waals surface area contributed by atoms with E-state index in [9.17, 15) is 9.18 Å². The number of piperidine rings is 1. The third kappa shape index (κ3) is 3.30. The van der Waals surface area contributed by atoms with Crippen molar-refractivity contribution in [2.75, 3.05) is 7.05 Å². The minimum absolute atomic E-state index is 0. The van der Waals surface area contributed by atoms with Crippen LogP contribution in [0.15, 0.2) is 48.5 Å². The number of carbonyl (C=O) groups excluding carboxylic acids is 1. The molecule has 2 bridgehead atoms. The monoisotopic (exact) mass is 427 g/mol. The van der Waals surface area contributed by atoms with Gasteiger partial charge in [0.2, 0.25) is 0 Å². The van der Waals surface area contributed by atoms with Crippen LogP contribution in [0.1, 0.15) is 36.0 Å². The van der Waals surface area contributed by atoms with Gasteiger partial charge in [-0.2, -0.15) is 0 Å². The first-order valence-electron chi connectivity index (χ1n) is 10.4. The summed E-state index contributed by atoms with van der Waals surface area (Å²) in [5, 5.41) is 3.66. The highest BCUT2D eigenvalue weighted by Gasteiger charge is 2.39. The molecule has 4 nitrogen and oxygen atoms in total. The predicted octanol–water partition coefficient (Wildman–Crippen LogP) is 4.76. The Morgan fingerprint density at radius 3 is 2.33 bits per heavy atom. The Morgan fingerprint density at radius 2 is 1.67 bits per heavy atom. The topological polar surface area (TPSA) is 37.3 Å². The van der Waals surface area contributed by atoms with Gasteiger partial charge in [0.1, 0.15) is 5.82 Å². The van der Waals surface area contributed by atoms with Gasteiger partial charge in [0.25, 0.3) is 5.91 Å². The van der Waals surface area contributed by atoms with Gasteiger partial charge in [-0.1, -0.05) is 36.4 Å². The Balaban J connectivity index is 0.00000218. The van der Waals surface area contributed by atoms with Crippen LogP contribution in [0.2, 0.25) is 0 Å². The predicted molar refractivity (Wildman–Crippen MR) is 121 cm³/mol. The first-order chi connectivity index (χ1) is 14.0. The Kier molecular flexibility index (Phi) is 5.60. The fourth-order valence-electron chi connectivity index (χ4n) is 5.39. The van der Waals surface area contributed by atoms with E-state index in [1.54, 1.807) is 6.07 Å². The van der Waals surface area contributed by atoms with Crippen LogP contribution in [-0.4, -0.2) is 40.5 Å². The number of aromatic nitrogens is 1. The molecule has 6 heteroatoms. The van der Waals surface area contributed by atoms with Crippen molar-refractivity contribution in [3.63, 3.8) is 0 Å². The number of nitrogens with one attached hydrogen (secondary N) is 1. The molecule has 0 spiro atoms. The molecule has 30 heavy (non-hydrogen) atoms. The lowest BCUT2D eigenvalue weighted by Gasteiger charge is -2.36. The first kappa shape index (κ1) is 20.9. The van der Waals surface area contributed by atoms with Gasteiger partial charge in [-0.3, -0.25) is 4.79 Å². The highest BCUT2D eigenvalue weighted by molar-refractivity contribution is 6.13. The summed E-state index contributed by atoms with van der Waals surface area (Å²) < 4.78 is 16.8. The third-order valence-corrected chi connectivity index (χ3v) is 6.88. The van der Waals surface area contributed by atoms with Crippen molar-refractivity contribution in [3.8, 4) is 11.3 Å². The van der Waals surface area contributed by atoms with E-state index in [0.29, 0.717) is 23.0 Å². The molecule has 0 aliphatic carbocycles. The van der Waals surface area contributed by atoms with Crippen LogP contribution < -0.4 is 5.32 Å². The molecule has 1 amide bonds. The summed E-state index contributed by atoms with van der Waals surface area (Å²) in [7, 11) is 4.09. The zero-order chi connectivity index (χ0) is 20.1. The first-order valence-corrected chi connectivity index (χ1v) is 10.4. The molecule has 0 radical (unpaired) electrons. The Hall–Kier alpha value is -2.37. The van der Waals surface area contributed by atoms with Gasteiger partial charge in [0.05, 0.1) is 16.8 Å². The van der Waals surface area contributed by atoms with Crippen LogP contribution in [0.3, 0.4) is 0 Å². The molecule has 5 rings (SSSR count). The van der Waals surface area contributed by atoms with Crippen LogP contribution in [-0.2, 0) is 7.05 Å². The van der Waals surface area contributed by atoms with Gasteiger partial charge in [-0.25, -0.2) is 4.39 Å². The second kappa shape index (κ2) is 8.05. The molecular weight excluding hydrogens is 401 g/mol. The van der Waals surface area contributed by atoms with Gasteiger partial charge in [-0.15, -0.1) is 12.4 Å². The zero-order valence-corrected chi connectivity index (χ0v) is 18.1. The average molecular weight is 428 g/mol. The number of carbonyl (C=O) groups is 1. The van der Waals surface area contributed by atoms with Gasteiger partial charge < -0.3 is 14.8 Å². The van der Waals surface area contributed by atoms with E-state index < -0.39 is 0 Å². The summed E-state index contributed by atoms with van der Waals surface area (Å²) in [4.78, 5) is 16.0. The van der Waals surface area contributed by atoms with E-state index in [4.69, 9.17) is 0 Å². The van der Waals surface area contributed by atoms with E-state index >= 15 is 0 Å². The maximum atomic E-state index is 14.9. The lowest BCUT2D eigenvalue weighted by Crippen LogP contribution is -2.48. The number of aryl methyl sites for hydroxylation is 1. The van der Waals surface area contributed by atoms with Gasteiger partial charge in [0, 0.05) is 30.6 Å².